The van der Waals surface area contributed by atoms with Crippen LogP contribution < -0.4 is 10.1 Å². The van der Waals surface area contributed by atoms with E-state index in [1.165, 1.54) is 0 Å². The van der Waals surface area contributed by atoms with Gasteiger partial charge in [0.05, 0.1) is 11.3 Å². The van der Waals surface area contributed by atoms with Crippen molar-refractivity contribution in [2.45, 2.75) is 0 Å². The quantitative estimate of drug-likeness (QED) is 0.683. The monoisotopic (exact) mass is 320 g/mol. The first kappa shape index (κ1) is 15.6. The van der Waals surface area contributed by atoms with E-state index < -0.39 is 0 Å². The van der Waals surface area contributed by atoms with Crippen LogP contribution in [0.4, 0.5) is 5.69 Å². The summed E-state index contributed by atoms with van der Waals surface area (Å²) < 4.78 is 5.55. The SMILES string of the molecule is O=C(COc1ccccc1C(=O)Nc1ccccc1)c1ccc[nH]1. The van der Waals surface area contributed by atoms with Crippen LogP contribution in [0.5, 0.6) is 5.75 Å². The van der Waals surface area contributed by atoms with Gasteiger partial charge in [0.15, 0.2) is 6.61 Å². The van der Waals surface area contributed by atoms with E-state index in [2.05, 4.69) is 10.3 Å². The topological polar surface area (TPSA) is 71.2 Å². The molecule has 1 aromatic heterocycles. The Morgan fingerprint density at radius 3 is 2.42 bits per heavy atom. The Bertz CT molecular complexity index is 827. The maximum absolute atomic E-state index is 12.4. The van der Waals surface area contributed by atoms with Gasteiger partial charge in [-0.2, -0.15) is 0 Å². The molecule has 0 radical (unpaired) electrons. The van der Waals surface area contributed by atoms with Crippen LogP contribution in [-0.2, 0) is 0 Å². The summed E-state index contributed by atoms with van der Waals surface area (Å²) in [5.74, 6) is -0.103. The Balaban J connectivity index is 1.71. The number of anilines is 1. The first-order chi connectivity index (χ1) is 11.7. The number of aromatic nitrogens is 1. The van der Waals surface area contributed by atoms with Gasteiger partial charge >= 0.3 is 0 Å². The van der Waals surface area contributed by atoms with Crippen LogP contribution in [0.3, 0.4) is 0 Å². The lowest BCUT2D eigenvalue weighted by atomic mass is 10.2. The van der Waals surface area contributed by atoms with Gasteiger partial charge in [-0.25, -0.2) is 0 Å². The number of carbonyl (C=O) groups excluding carboxylic acids is 2. The van der Waals surface area contributed by atoms with Gasteiger partial charge in [0.1, 0.15) is 5.75 Å². The first-order valence-corrected chi connectivity index (χ1v) is 7.49. The van der Waals surface area contributed by atoms with Gasteiger partial charge in [-0.05, 0) is 36.4 Å². The molecule has 2 aromatic carbocycles. The highest BCUT2D eigenvalue weighted by Gasteiger charge is 2.14. The fourth-order valence-electron chi connectivity index (χ4n) is 2.22. The van der Waals surface area contributed by atoms with Crippen LogP contribution in [0.15, 0.2) is 72.9 Å². The maximum atomic E-state index is 12.4. The summed E-state index contributed by atoms with van der Waals surface area (Å²) in [4.78, 5) is 27.3. The largest absolute Gasteiger partial charge is 0.485 e. The van der Waals surface area contributed by atoms with Gasteiger partial charge in [-0.15, -0.1) is 0 Å². The fraction of sp³-hybridized carbons (Fsp3) is 0.0526. The first-order valence-electron chi connectivity index (χ1n) is 7.49. The number of Topliss-reactive ketones (excluding diaryl/α,β-unsaturated/α-hetero) is 1. The summed E-state index contributed by atoms with van der Waals surface area (Å²) in [6.45, 7) is -0.143. The summed E-state index contributed by atoms with van der Waals surface area (Å²) in [5.41, 5.74) is 1.54. The molecule has 3 aromatic rings. The number of para-hydroxylation sites is 2. The van der Waals surface area contributed by atoms with Crippen LogP contribution in [0, 0.1) is 0 Å². The molecule has 5 heteroatoms. The summed E-state index contributed by atoms with van der Waals surface area (Å²) in [6.07, 6.45) is 1.68. The predicted molar refractivity (Wildman–Crippen MR) is 91.5 cm³/mol. The van der Waals surface area contributed by atoms with Crippen molar-refractivity contribution in [1.82, 2.24) is 4.98 Å². The average molecular weight is 320 g/mol. The molecule has 120 valence electrons. The minimum Gasteiger partial charge on any atom is -0.485 e. The second-order valence-corrected chi connectivity index (χ2v) is 5.11. The highest BCUT2D eigenvalue weighted by Crippen LogP contribution is 2.20. The maximum Gasteiger partial charge on any atom is 0.259 e. The second-order valence-electron chi connectivity index (χ2n) is 5.11. The van der Waals surface area contributed by atoms with Crippen molar-refractivity contribution in [3.05, 3.63) is 84.2 Å². The molecule has 0 aliphatic carbocycles. The molecule has 0 aliphatic rings. The standard InChI is InChI=1S/C19H16N2O3/c22-17(16-10-6-12-20-16)13-24-18-11-5-4-9-15(18)19(23)21-14-7-2-1-3-8-14/h1-12,20H,13H2,(H,21,23). The van der Waals surface area contributed by atoms with E-state index in [0.29, 0.717) is 22.7 Å². The normalized spacial score (nSPS) is 10.2. The molecule has 0 fully saturated rings. The van der Waals surface area contributed by atoms with Crippen molar-refractivity contribution in [2.24, 2.45) is 0 Å². The molecule has 0 spiro atoms. The number of amides is 1. The molecule has 5 nitrogen and oxygen atoms in total. The van der Waals surface area contributed by atoms with Crippen LogP contribution in [-0.4, -0.2) is 23.3 Å². The number of H-pyrrole nitrogens is 1. The Morgan fingerprint density at radius 2 is 1.67 bits per heavy atom. The number of ether oxygens (including phenoxy) is 1. The summed E-state index contributed by atoms with van der Waals surface area (Å²) in [5, 5.41) is 2.80. The van der Waals surface area contributed by atoms with Gasteiger partial charge < -0.3 is 15.0 Å². The van der Waals surface area contributed by atoms with E-state index in [-0.39, 0.29) is 18.3 Å². The summed E-state index contributed by atoms with van der Waals surface area (Å²) >= 11 is 0. The van der Waals surface area contributed by atoms with Crippen molar-refractivity contribution in [3.63, 3.8) is 0 Å². The van der Waals surface area contributed by atoms with Gasteiger partial charge in [0.2, 0.25) is 5.78 Å². The minimum atomic E-state index is -0.288. The van der Waals surface area contributed by atoms with Crippen molar-refractivity contribution in [1.29, 1.82) is 0 Å². The Morgan fingerprint density at radius 1 is 0.917 bits per heavy atom. The number of carbonyl (C=O) groups is 2. The fourth-order valence-corrected chi connectivity index (χ4v) is 2.22. The third-order valence-corrected chi connectivity index (χ3v) is 3.42. The number of nitrogens with one attached hydrogen (secondary N) is 2. The van der Waals surface area contributed by atoms with Crippen LogP contribution in [0.1, 0.15) is 20.8 Å². The predicted octanol–water partition coefficient (Wildman–Crippen LogP) is 3.53. The van der Waals surface area contributed by atoms with E-state index >= 15 is 0 Å². The van der Waals surface area contributed by atoms with Crippen molar-refractivity contribution < 1.29 is 14.3 Å². The number of aromatic amines is 1. The van der Waals surface area contributed by atoms with E-state index in [4.69, 9.17) is 4.74 Å². The second kappa shape index (κ2) is 7.28. The zero-order valence-corrected chi connectivity index (χ0v) is 12.9. The van der Waals surface area contributed by atoms with Crippen LogP contribution in [0.2, 0.25) is 0 Å². The van der Waals surface area contributed by atoms with Crippen LogP contribution >= 0.6 is 0 Å². The Kier molecular flexibility index (Phi) is 4.72. The molecule has 0 aliphatic heterocycles. The molecule has 2 N–H and O–H groups in total. The molecule has 0 unspecified atom stereocenters. The average Bonchev–Trinajstić information content (AvgIpc) is 3.15. The Hall–Kier alpha value is -3.34. The Labute approximate surface area is 139 Å². The third-order valence-electron chi connectivity index (χ3n) is 3.42. The molecular formula is C19H16N2O3. The number of hydrogen-bond donors (Lipinski definition) is 2. The molecule has 3 rings (SSSR count). The third kappa shape index (κ3) is 3.70. The smallest absolute Gasteiger partial charge is 0.259 e. The van der Waals surface area contributed by atoms with Gasteiger partial charge in [-0.3, -0.25) is 9.59 Å². The van der Waals surface area contributed by atoms with E-state index in [9.17, 15) is 9.59 Å². The molecule has 24 heavy (non-hydrogen) atoms. The lowest BCUT2D eigenvalue weighted by molar-refractivity contribution is 0.0910. The summed E-state index contributed by atoms with van der Waals surface area (Å²) in [7, 11) is 0. The molecule has 0 saturated heterocycles. The molecule has 0 saturated carbocycles. The van der Waals surface area contributed by atoms with Crippen molar-refractivity contribution >= 4 is 17.4 Å². The van der Waals surface area contributed by atoms with E-state index in [1.54, 1.807) is 54.7 Å². The number of hydrogen-bond acceptors (Lipinski definition) is 3. The molecule has 0 bridgehead atoms. The number of benzene rings is 2. The van der Waals surface area contributed by atoms with Crippen molar-refractivity contribution in [3.8, 4) is 5.75 Å². The van der Waals surface area contributed by atoms with E-state index in [1.807, 2.05) is 18.2 Å². The van der Waals surface area contributed by atoms with Gasteiger partial charge in [-0.1, -0.05) is 30.3 Å². The van der Waals surface area contributed by atoms with Crippen LogP contribution in [0.25, 0.3) is 0 Å². The minimum absolute atomic E-state index is 0.143. The highest BCUT2D eigenvalue weighted by atomic mass is 16.5. The summed E-state index contributed by atoms with van der Waals surface area (Å²) in [6, 6.07) is 19.4. The molecule has 1 amide bonds. The number of ketones is 1. The lowest BCUT2D eigenvalue weighted by Gasteiger charge is -2.11. The molecule has 0 atom stereocenters. The van der Waals surface area contributed by atoms with E-state index in [0.717, 1.165) is 0 Å². The zero-order valence-electron chi connectivity index (χ0n) is 12.9. The molecular weight excluding hydrogens is 304 g/mol. The zero-order chi connectivity index (χ0) is 16.8. The highest BCUT2D eigenvalue weighted by molar-refractivity contribution is 6.06. The van der Waals surface area contributed by atoms with Gasteiger partial charge in [0, 0.05) is 11.9 Å². The number of rotatable bonds is 6. The lowest BCUT2D eigenvalue weighted by Crippen LogP contribution is -2.16. The van der Waals surface area contributed by atoms with Crippen molar-refractivity contribution in [2.75, 3.05) is 11.9 Å². The molecule has 1 heterocycles. The van der Waals surface area contributed by atoms with Gasteiger partial charge in [0.25, 0.3) is 5.91 Å².